The Morgan fingerprint density at radius 3 is 2.88 bits per heavy atom. The maximum absolute atomic E-state index is 12.0. The number of rotatable bonds is 3. The van der Waals surface area contributed by atoms with Gasteiger partial charge in [-0.15, -0.1) is 11.3 Å². The summed E-state index contributed by atoms with van der Waals surface area (Å²) in [5, 5.41) is 7.60. The molecular weight excluding hydrogens is 346 g/mol. The van der Waals surface area contributed by atoms with Crippen LogP contribution < -0.4 is 16.4 Å². The highest BCUT2D eigenvalue weighted by Gasteiger charge is 2.07. The van der Waals surface area contributed by atoms with E-state index in [-0.39, 0.29) is 5.96 Å². The minimum Gasteiger partial charge on any atom is -0.369 e. The third-order valence-electron chi connectivity index (χ3n) is 3.55. The number of nitrogens with one attached hydrogen (secondary N) is 2. The third-order valence-corrected chi connectivity index (χ3v) is 4.28. The van der Waals surface area contributed by atoms with Gasteiger partial charge in [0.2, 0.25) is 11.1 Å². The number of hydrogen-bond acceptors (Lipinski definition) is 4. The fourth-order valence-corrected chi connectivity index (χ4v) is 2.97. The van der Waals surface area contributed by atoms with Gasteiger partial charge in [0.25, 0.3) is 0 Å². The Labute approximate surface area is 155 Å². The number of nitrogens with zero attached hydrogens (tertiary/aromatic N) is 2. The van der Waals surface area contributed by atoms with Crippen LogP contribution in [0.15, 0.2) is 76.8 Å². The Morgan fingerprint density at radius 2 is 2.08 bits per heavy atom. The molecule has 4 N–H and O–H groups in total. The van der Waals surface area contributed by atoms with Crippen molar-refractivity contribution in [3.63, 3.8) is 0 Å². The molecule has 26 heavy (non-hydrogen) atoms. The van der Waals surface area contributed by atoms with E-state index in [2.05, 4.69) is 27.5 Å². The van der Waals surface area contributed by atoms with Gasteiger partial charge < -0.3 is 11.1 Å². The SMILES string of the molecule is CC1C=CC=C(NC(=O)N/C(N)=N/c2nc(-c3ccccc3)cs2)C=C1. The number of aliphatic imine (C=N–C) groups is 1. The van der Waals surface area contributed by atoms with Crippen molar-refractivity contribution in [3.8, 4) is 11.3 Å². The molecule has 0 spiro atoms. The molecule has 6 nitrogen and oxygen atoms in total. The van der Waals surface area contributed by atoms with E-state index < -0.39 is 6.03 Å². The van der Waals surface area contributed by atoms with E-state index in [4.69, 9.17) is 5.73 Å². The molecule has 1 aromatic carbocycles. The first-order valence-corrected chi connectivity index (χ1v) is 8.98. The maximum Gasteiger partial charge on any atom is 0.325 e. The van der Waals surface area contributed by atoms with Crippen molar-refractivity contribution in [1.29, 1.82) is 0 Å². The quantitative estimate of drug-likeness (QED) is 0.572. The van der Waals surface area contributed by atoms with Crippen molar-refractivity contribution in [2.24, 2.45) is 16.6 Å². The van der Waals surface area contributed by atoms with Crippen molar-refractivity contribution < 1.29 is 4.79 Å². The zero-order valence-corrected chi connectivity index (χ0v) is 15.0. The van der Waals surface area contributed by atoms with E-state index in [0.717, 1.165) is 11.3 Å². The lowest BCUT2D eigenvalue weighted by Gasteiger charge is -2.06. The van der Waals surface area contributed by atoms with Crippen molar-refractivity contribution >= 4 is 28.5 Å². The van der Waals surface area contributed by atoms with Crippen molar-refractivity contribution in [3.05, 3.63) is 71.8 Å². The van der Waals surface area contributed by atoms with Crippen molar-refractivity contribution in [2.45, 2.75) is 6.92 Å². The molecule has 0 aliphatic heterocycles. The molecule has 1 unspecified atom stereocenters. The highest BCUT2D eigenvalue weighted by atomic mass is 32.1. The number of carbonyl (C=O) groups excluding carboxylic acids is 1. The molecule has 2 aromatic rings. The number of benzene rings is 1. The van der Waals surface area contributed by atoms with Crippen LogP contribution in [0.4, 0.5) is 9.93 Å². The largest absolute Gasteiger partial charge is 0.369 e. The van der Waals surface area contributed by atoms with Gasteiger partial charge in [0.05, 0.1) is 5.69 Å². The van der Waals surface area contributed by atoms with Gasteiger partial charge in [-0.3, -0.25) is 5.32 Å². The van der Waals surface area contributed by atoms with Gasteiger partial charge in [-0.05, 0) is 18.1 Å². The number of aromatic nitrogens is 1. The van der Waals surface area contributed by atoms with E-state index in [0.29, 0.717) is 16.7 Å². The topological polar surface area (TPSA) is 92.4 Å². The Balaban J connectivity index is 1.61. The summed E-state index contributed by atoms with van der Waals surface area (Å²) in [7, 11) is 0. The minimum absolute atomic E-state index is 0.0152. The van der Waals surface area contributed by atoms with Crippen LogP contribution in [0.3, 0.4) is 0 Å². The smallest absolute Gasteiger partial charge is 0.325 e. The average Bonchev–Trinajstić information content (AvgIpc) is 2.99. The van der Waals surface area contributed by atoms with Gasteiger partial charge in [0.15, 0.2) is 0 Å². The Morgan fingerprint density at radius 1 is 1.27 bits per heavy atom. The lowest BCUT2D eigenvalue weighted by atomic mass is 10.2. The number of allylic oxidation sites excluding steroid dienone is 5. The summed E-state index contributed by atoms with van der Waals surface area (Å²) in [4.78, 5) is 20.6. The lowest BCUT2D eigenvalue weighted by Crippen LogP contribution is -2.42. The van der Waals surface area contributed by atoms with Crippen LogP contribution in [-0.4, -0.2) is 17.0 Å². The summed E-state index contributed by atoms with van der Waals surface area (Å²) < 4.78 is 0. The molecule has 7 heteroatoms. The highest BCUT2D eigenvalue weighted by molar-refractivity contribution is 7.13. The molecule has 132 valence electrons. The van der Waals surface area contributed by atoms with E-state index >= 15 is 0 Å². The molecule has 0 fully saturated rings. The van der Waals surface area contributed by atoms with Crippen LogP contribution in [0.25, 0.3) is 11.3 Å². The van der Waals surface area contributed by atoms with Crippen LogP contribution in [0.1, 0.15) is 6.92 Å². The number of urea groups is 1. The predicted molar refractivity (Wildman–Crippen MR) is 106 cm³/mol. The molecule has 1 aliphatic rings. The van der Waals surface area contributed by atoms with E-state index in [1.807, 2.05) is 66.1 Å². The summed E-state index contributed by atoms with van der Waals surface area (Å²) in [5.41, 5.74) is 8.31. The second kappa shape index (κ2) is 8.26. The van der Waals surface area contributed by atoms with Crippen LogP contribution in [0, 0.1) is 5.92 Å². The lowest BCUT2D eigenvalue weighted by molar-refractivity contribution is 0.248. The molecule has 0 saturated carbocycles. The molecule has 0 bridgehead atoms. The summed E-state index contributed by atoms with van der Waals surface area (Å²) in [5.74, 6) is 0.308. The van der Waals surface area contributed by atoms with Crippen molar-refractivity contribution in [1.82, 2.24) is 15.6 Å². The normalized spacial score (nSPS) is 16.7. The number of guanidine groups is 1. The Hall–Kier alpha value is -3.19. The van der Waals surface area contributed by atoms with Crippen LogP contribution in [0.5, 0.6) is 0 Å². The first kappa shape index (κ1) is 17.6. The Kier molecular flexibility index (Phi) is 5.60. The van der Waals surface area contributed by atoms with Gasteiger partial charge in [-0.2, -0.15) is 4.99 Å². The highest BCUT2D eigenvalue weighted by Crippen LogP contribution is 2.26. The second-order valence-electron chi connectivity index (χ2n) is 5.68. The molecule has 1 heterocycles. The minimum atomic E-state index is -0.454. The number of amides is 2. The third kappa shape index (κ3) is 4.90. The molecular formula is C19H19N5OS. The van der Waals surface area contributed by atoms with Crippen molar-refractivity contribution in [2.75, 3.05) is 0 Å². The van der Waals surface area contributed by atoms with Crippen LogP contribution in [-0.2, 0) is 0 Å². The van der Waals surface area contributed by atoms with Crippen LogP contribution in [0.2, 0.25) is 0 Å². The number of hydrogen-bond donors (Lipinski definition) is 3. The average molecular weight is 365 g/mol. The van der Waals surface area contributed by atoms with Gasteiger partial charge in [-0.25, -0.2) is 9.78 Å². The monoisotopic (exact) mass is 365 g/mol. The first-order valence-electron chi connectivity index (χ1n) is 8.10. The molecule has 1 aliphatic carbocycles. The summed E-state index contributed by atoms with van der Waals surface area (Å²) in [6.45, 7) is 2.06. The zero-order valence-electron chi connectivity index (χ0n) is 14.2. The molecule has 1 aromatic heterocycles. The molecule has 0 saturated heterocycles. The fourth-order valence-electron chi connectivity index (χ4n) is 2.26. The summed E-state index contributed by atoms with van der Waals surface area (Å²) >= 11 is 1.36. The van der Waals surface area contributed by atoms with Gasteiger partial charge in [0.1, 0.15) is 0 Å². The molecule has 3 rings (SSSR count). The van der Waals surface area contributed by atoms with Crippen LogP contribution >= 0.6 is 11.3 Å². The first-order chi connectivity index (χ1) is 12.6. The maximum atomic E-state index is 12.0. The summed E-state index contributed by atoms with van der Waals surface area (Å²) in [6.07, 6.45) is 9.60. The van der Waals surface area contributed by atoms with Gasteiger partial charge >= 0.3 is 6.03 Å². The zero-order chi connectivity index (χ0) is 18.4. The molecule has 1 atom stereocenters. The van der Waals surface area contributed by atoms with E-state index in [9.17, 15) is 4.79 Å². The number of carbonyl (C=O) groups is 1. The van der Waals surface area contributed by atoms with Gasteiger partial charge in [-0.1, -0.05) is 55.5 Å². The van der Waals surface area contributed by atoms with E-state index in [1.54, 1.807) is 0 Å². The Bertz CT molecular complexity index is 896. The number of nitrogens with two attached hydrogens (primary N) is 1. The predicted octanol–water partition coefficient (Wildman–Crippen LogP) is 3.70. The fraction of sp³-hybridized carbons (Fsp3) is 0.105. The molecule has 2 amide bonds. The second-order valence-corrected chi connectivity index (χ2v) is 6.52. The van der Waals surface area contributed by atoms with Gasteiger partial charge in [0, 0.05) is 16.6 Å². The number of thiazole rings is 1. The van der Waals surface area contributed by atoms with E-state index in [1.165, 1.54) is 11.3 Å². The molecule has 0 radical (unpaired) electrons. The standard InChI is InChI=1S/C19H19N5OS/c1-13-6-5-9-15(11-10-13)21-18(25)23-17(20)24-19-22-16(12-26-19)14-7-3-2-4-8-14/h2-13H,1H3,(H4,20,21,22,23,24,25). The summed E-state index contributed by atoms with van der Waals surface area (Å²) in [6, 6.07) is 9.34.